The summed E-state index contributed by atoms with van der Waals surface area (Å²) in [5.41, 5.74) is 0. The molecule has 0 aromatic heterocycles. The van der Waals surface area contributed by atoms with Crippen LogP contribution in [0.4, 0.5) is 13.2 Å². The van der Waals surface area contributed by atoms with Gasteiger partial charge in [0.2, 0.25) is 10.0 Å². The molecule has 0 N–H and O–H groups in total. The van der Waals surface area contributed by atoms with Crippen LogP contribution in [-0.2, 0) is 10.0 Å². The standard InChI is InChI=1S/C13H16BrF3N2O3S/c1-18-5-2-6-19(8-7-18)23(20,21)12-4-3-10(14)9-11(12)22-13(15,16)17/h3-4,9H,2,5-8H2,1H3. The predicted octanol–water partition coefficient (Wildman–Crippen LogP) is 2.67. The number of sulfonamides is 1. The fourth-order valence-corrected chi connectivity index (χ4v) is 4.21. The molecule has 0 radical (unpaired) electrons. The largest absolute Gasteiger partial charge is 0.573 e. The SMILES string of the molecule is CN1CCCN(S(=O)(=O)c2ccc(Br)cc2OC(F)(F)F)CC1. The number of likely N-dealkylation sites (N-methyl/N-ethyl adjacent to an activating group) is 1. The highest BCUT2D eigenvalue weighted by atomic mass is 79.9. The van der Waals surface area contributed by atoms with Gasteiger partial charge in [0.05, 0.1) is 0 Å². The third kappa shape index (κ3) is 4.82. The van der Waals surface area contributed by atoms with E-state index in [1.165, 1.54) is 10.4 Å². The molecule has 1 aliphatic heterocycles. The Bertz CT molecular complexity index is 667. The van der Waals surface area contributed by atoms with Crippen LogP contribution in [0.25, 0.3) is 0 Å². The zero-order valence-electron chi connectivity index (χ0n) is 12.3. The van der Waals surface area contributed by atoms with Gasteiger partial charge in [0.1, 0.15) is 4.90 Å². The van der Waals surface area contributed by atoms with Crippen LogP contribution in [0.5, 0.6) is 5.75 Å². The number of hydrogen-bond donors (Lipinski definition) is 0. The van der Waals surface area contributed by atoms with Gasteiger partial charge in [-0.05, 0) is 38.2 Å². The van der Waals surface area contributed by atoms with E-state index >= 15 is 0 Å². The van der Waals surface area contributed by atoms with Gasteiger partial charge in [0, 0.05) is 24.1 Å². The first kappa shape index (κ1) is 18.5. The molecule has 1 fully saturated rings. The molecule has 1 heterocycles. The second-order valence-corrected chi connectivity index (χ2v) is 8.02. The molecular formula is C13H16BrF3N2O3S. The summed E-state index contributed by atoms with van der Waals surface area (Å²) in [4.78, 5) is 1.49. The minimum absolute atomic E-state index is 0.223. The van der Waals surface area contributed by atoms with Crippen LogP contribution in [0.1, 0.15) is 6.42 Å². The van der Waals surface area contributed by atoms with E-state index in [1.54, 1.807) is 0 Å². The van der Waals surface area contributed by atoms with Crippen molar-refractivity contribution in [2.45, 2.75) is 17.7 Å². The van der Waals surface area contributed by atoms with Crippen molar-refractivity contribution >= 4 is 26.0 Å². The van der Waals surface area contributed by atoms with Gasteiger partial charge in [-0.25, -0.2) is 8.42 Å². The monoisotopic (exact) mass is 416 g/mol. The van der Waals surface area contributed by atoms with Crippen molar-refractivity contribution < 1.29 is 26.3 Å². The van der Waals surface area contributed by atoms with Crippen LogP contribution in [0.2, 0.25) is 0 Å². The first-order valence-corrected chi connectivity index (χ1v) is 9.07. The highest BCUT2D eigenvalue weighted by molar-refractivity contribution is 9.10. The van der Waals surface area contributed by atoms with Gasteiger partial charge in [-0.2, -0.15) is 4.31 Å². The Morgan fingerprint density at radius 1 is 1.17 bits per heavy atom. The van der Waals surface area contributed by atoms with E-state index in [0.717, 1.165) is 18.7 Å². The first-order chi connectivity index (χ1) is 10.6. The van der Waals surface area contributed by atoms with Crippen molar-refractivity contribution in [1.82, 2.24) is 9.21 Å². The maximum Gasteiger partial charge on any atom is 0.573 e. The lowest BCUT2D eigenvalue weighted by atomic mass is 10.3. The average Bonchev–Trinajstić information content (AvgIpc) is 2.61. The molecule has 0 bridgehead atoms. The van der Waals surface area contributed by atoms with E-state index in [0.29, 0.717) is 17.4 Å². The smallest absolute Gasteiger partial charge is 0.404 e. The van der Waals surface area contributed by atoms with Crippen molar-refractivity contribution in [1.29, 1.82) is 0 Å². The Hall–Kier alpha value is -0.840. The zero-order valence-corrected chi connectivity index (χ0v) is 14.7. The van der Waals surface area contributed by atoms with Crippen LogP contribution in [-0.4, -0.2) is 57.2 Å². The van der Waals surface area contributed by atoms with E-state index in [-0.39, 0.29) is 13.1 Å². The molecule has 1 saturated heterocycles. The Labute approximate surface area is 141 Å². The fraction of sp³-hybridized carbons (Fsp3) is 0.538. The van der Waals surface area contributed by atoms with Gasteiger partial charge in [0.25, 0.3) is 0 Å². The van der Waals surface area contributed by atoms with E-state index in [4.69, 9.17) is 0 Å². The van der Waals surface area contributed by atoms with Gasteiger partial charge in [-0.15, -0.1) is 13.2 Å². The van der Waals surface area contributed by atoms with Crippen LogP contribution >= 0.6 is 15.9 Å². The third-order valence-electron chi connectivity index (χ3n) is 3.43. The van der Waals surface area contributed by atoms with E-state index < -0.39 is 27.0 Å². The van der Waals surface area contributed by atoms with Crippen molar-refractivity contribution in [3.05, 3.63) is 22.7 Å². The van der Waals surface area contributed by atoms with Crippen molar-refractivity contribution in [2.24, 2.45) is 0 Å². The second-order valence-electron chi connectivity index (χ2n) is 5.20. The number of hydrogen-bond acceptors (Lipinski definition) is 4. The van der Waals surface area contributed by atoms with Gasteiger partial charge in [-0.3, -0.25) is 0 Å². The third-order valence-corrected chi connectivity index (χ3v) is 5.86. The highest BCUT2D eigenvalue weighted by Crippen LogP contribution is 2.34. The molecule has 0 spiro atoms. The normalized spacial score (nSPS) is 18.7. The molecule has 2 rings (SSSR count). The first-order valence-electron chi connectivity index (χ1n) is 6.83. The molecule has 0 aliphatic carbocycles. The number of ether oxygens (including phenoxy) is 1. The summed E-state index contributed by atoms with van der Waals surface area (Å²) in [6.45, 7) is 1.73. The Kier molecular flexibility index (Phi) is 5.59. The Balaban J connectivity index is 2.39. The van der Waals surface area contributed by atoms with E-state index in [1.807, 2.05) is 11.9 Å². The number of alkyl halides is 3. The van der Waals surface area contributed by atoms with Crippen molar-refractivity contribution in [3.63, 3.8) is 0 Å². The van der Waals surface area contributed by atoms with Gasteiger partial charge >= 0.3 is 6.36 Å². The van der Waals surface area contributed by atoms with Crippen molar-refractivity contribution in [3.8, 4) is 5.75 Å². The number of benzene rings is 1. The molecule has 10 heteroatoms. The molecule has 1 aromatic carbocycles. The van der Waals surface area contributed by atoms with Gasteiger partial charge in [0.15, 0.2) is 5.75 Å². The molecule has 0 atom stereocenters. The topological polar surface area (TPSA) is 49.9 Å². The molecule has 0 saturated carbocycles. The summed E-state index contributed by atoms with van der Waals surface area (Å²) in [5.74, 6) is -0.732. The van der Waals surface area contributed by atoms with Gasteiger partial charge < -0.3 is 9.64 Å². The second kappa shape index (κ2) is 6.96. The predicted molar refractivity (Wildman–Crippen MR) is 81.7 cm³/mol. The van der Waals surface area contributed by atoms with Crippen LogP contribution in [0.3, 0.4) is 0 Å². The molecule has 0 unspecified atom stereocenters. The van der Waals surface area contributed by atoms with E-state index in [2.05, 4.69) is 20.7 Å². The maximum absolute atomic E-state index is 12.7. The number of rotatable bonds is 3. The lowest BCUT2D eigenvalue weighted by Gasteiger charge is -2.22. The minimum atomic E-state index is -4.97. The molecular weight excluding hydrogens is 401 g/mol. The molecule has 1 aromatic rings. The molecule has 23 heavy (non-hydrogen) atoms. The summed E-state index contributed by atoms with van der Waals surface area (Å²) in [6, 6.07) is 3.50. The van der Waals surface area contributed by atoms with E-state index in [9.17, 15) is 21.6 Å². The van der Waals surface area contributed by atoms with Crippen LogP contribution in [0, 0.1) is 0 Å². The molecule has 0 amide bonds. The summed E-state index contributed by atoms with van der Waals surface area (Å²) in [5, 5.41) is 0. The van der Waals surface area contributed by atoms with Gasteiger partial charge in [-0.1, -0.05) is 15.9 Å². The summed E-state index contributed by atoms with van der Waals surface area (Å²) >= 11 is 3.02. The molecule has 1 aliphatic rings. The lowest BCUT2D eigenvalue weighted by molar-refractivity contribution is -0.275. The lowest BCUT2D eigenvalue weighted by Crippen LogP contribution is -2.35. The Morgan fingerprint density at radius 2 is 1.87 bits per heavy atom. The maximum atomic E-state index is 12.7. The summed E-state index contributed by atoms with van der Waals surface area (Å²) < 4.78 is 68.5. The summed E-state index contributed by atoms with van der Waals surface area (Å²) in [6.07, 6.45) is -4.36. The minimum Gasteiger partial charge on any atom is -0.404 e. The fourth-order valence-electron chi connectivity index (χ4n) is 2.30. The number of halogens is 4. The quantitative estimate of drug-likeness (QED) is 0.759. The average molecular weight is 417 g/mol. The highest BCUT2D eigenvalue weighted by Gasteiger charge is 2.36. The van der Waals surface area contributed by atoms with Crippen molar-refractivity contribution in [2.75, 3.05) is 33.2 Å². The summed E-state index contributed by atoms with van der Waals surface area (Å²) in [7, 11) is -2.20. The van der Waals surface area contributed by atoms with Crippen LogP contribution < -0.4 is 4.74 Å². The zero-order chi connectivity index (χ0) is 17.3. The Morgan fingerprint density at radius 3 is 2.52 bits per heavy atom. The number of nitrogens with zero attached hydrogens (tertiary/aromatic N) is 2. The molecule has 130 valence electrons. The molecule has 5 nitrogen and oxygen atoms in total. The van der Waals surface area contributed by atoms with Crippen LogP contribution in [0.15, 0.2) is 27.6 Å².